The number of imidazole rings is 1. The number of hydrogen-bond acceptors (Lipinski definition) is 5. The molecule has 23 heavy (non-hydrogen) atoms. The van der Waals surface area contributed by atoms with Gasteiger partial charge < -0.3 is 15.0 Å². The first-order valence-corrected chi connectivity index (χ1v) is 7.12. The zero-order valence-corrected chi connectivity index (χ0v) is 12.5. The maximum atomic E-state index is 12.5. The molecule has 0 saturated heterocycles. The third kappa shape index (κ3) is 4.06. The van der Waals surface area contributed by atoms with Gasteiger partial charge in [-0.2, -0.15) is 13.2 Å². The summed E-state index contributed by atoms with van der Waals surface area (Å²) in [5, 5.41) is 12.3. The Morgan fingerprint density at radius 1 is 1.48 bits per heavy atom. The highest BCUT2D eigenvalue weighted by atomic mass is 32.1. The lowest BCUT2D eigenvalue weighted by Gasteiger charge is -2.12. The number of carboxylic acid groups (broad SMARTS) is 1. The quantitative estimate of drug-likeness (QED) is 0.861. The van der Waals surface area contributed by atoms with Crippen molar-refractivity contribution in [3.8, 4) is 0 Å². The van der Waals surface area contributed by atoms with Crippen LogP contribution >= 0.6 is 11.3 Å². The van der Waals surface area contributed by atoms with Gasteiger partial charge >= 0.3 is 12.1 Å². The van der Waals surface area contributed by atoms with Crippen LogP contribution in [0.25, 0.3) is 0 Å². The van der Waals surface area contributed by atoms with E-state index < -0.39 is 29.8 Å². The molecule has 2 aromatic rings. The summed E-state index contributed by atoms with van der Waals surface area (Å²) in [6.45, 7) is 1.17. The maximum absolute atomic E-state index is 12.5. The minimum absolute atomic E-state index is 0.106. The number of carboxylic acids is 1. The highest BCUT2D eigenvalue weighted by molar-refractivity contribution is 7.09. The third-order valence-corrected chi connectivity index (χ3v) is 3.83. The molecular formula is C12H11F3N4O3S. The normalized spacial score (nSPS) is 12.9. The highest BCUT2D eigenvalue weighted by Crippen LogP contribution is 2.31. The van der Waals surface area contributed by atoms with Gasteiger partial charge in [-0.05, 0) is 6.92 Å². The number of hydrogen-bond donors (Lipinski definition) is 2. The monoisotopic (exact) mass is 348 g/mol. The summed E-state index contributed by atoms with van der Waals surface area (Å²) in [6, 6.07) is -0.736. The van der Waals surface area contributed by atoms with Crippen molar-refractivity contribution < 1.29 is 27.9 Å². The molecular weight excluding hydrogens is 337 g/mol. The van der Waals surface area contributed by atoms with Gasteiger partial charge in [0, 0.05) is 5.38 Å². The SMILES string of the molecule is CC(NC(=O)Cn1cncc1C(=O)O)c1nc(C(F)(F)F)cs1. The first kappa shape index (κ1) is 16.9. The molecule has 0 aliphatic rings. The van der Waals surface area contributed by atoms with Crippen LogP contribution < -0.4 is 5.32 Å². The second-order valence-corrected chi connectivity index (χ2v) is 5.46. The topological polar surface area (TPSA) is 97.1 Å². The second-order valence-electron chi connectivity index (χ2n) is 4.57. The Morgan fingerprint density at radius 3 is 2.74 bits per heavy atom. The van der Waals surface area contributed by atoms with Gasteiger partial charge in [0.1, 0.15) is 17.2 Å². The number of aromatic carboxylic acids is 1. The number of carbonyl (C=O) groups is 2. The van der Waals surface area contributed by atoms with Crippen molar-refractivity contribution in [2.45, 2.75) is 25.7 Å². The van der Waals surface area contributed by atoms with Gasteiger partial charge in [-0.1, -0.05) is 0 Å². The summed E-state index contributed by atoms with van der Waals surface area (Å²) in [6.07, 6.45) is -2.26. The van der Waals surface area contributed by atoms with Gasteiger partial charge in [-0.3, -0.25) is 4.79 Å². The molecule has 0 fully saturated rings. The second kappa shape index (κ2) is 6.36. The molecule has 0 radical (unpaired) electrons. The molecule has 124 valence electrons. The van der Waals surface area contributed by atoms with Crippen molar-refractivity contribution in [2.75, 3.05) is 0 Å². The maximum Gasteiger partial charge on any atom is 0.434 e. The first-order valence-electron chi connectivity index (χ1n) is 6.24. The van der Waals surface area contributed by atoms with Crippen molar-refractivity contribution in [3.05, 3.63) is 34.3 Å². The van der Waals surface area contributed by atoms with E-state index in [1.807, 2.05) is 0 Å². The average Bonchev–Trinajstić information content (AvgIpc) is 3.05. The highest BCUT2D eigenvalue weighted by Gasteiger charge is 2.34. The van der Waals surface area contributed by atoms with Crippen LogP contribution in [0, 0.1) is 0 Å². The number of aromatic nitrogens is 3. The van der Waals surface area contributed by atoms with Crippen LogP contribution in [0.5, 0.6) is 0 Å². The number of nitrogens with zero attached hydrogens (tertiary/aromatic N) is 3. The van der Waals surface area contributed by atoms with Crippen LogP contribution in [-0.4, -0.2) is 31.5 Å². The van der Waals surface area contributed by atoms with E-state index >= 15 is 0 Å². The lowest BCUT2D eigenvalue weighted by atomic mass is 10.3. The fourth-order valence-corrected chi connectivity index (χ4v) is 2.58. The van der Waals surface area contributed by atoms with E-state index in [0.717, 1.165) is 27.5 Å². The lowest BCUT2D eigenvalue weighted by molar-refractivity contribution is -0.140. The van der Waals surface area contributed by atoms with E-state index in [-0.39, 0.29) is 17.2 Å². The van der Waals surface area contributed by atoms with Crippen LogP contribution in [0.15, 0.2) is 17.9 Å². The van der Waals surface area contributed by atoms with E-state index in [0.29, 0.717) is 0 Å². The van der Waals surface area contributed by atoms with E-state index in [1.54, 1.807) is 0 Å². The zero-order valence-electron chi connectivity index (χ0n) is 11.7. The minimum Gasteiger partial charge on any atom is -0.477 e. The smallest absolute Gasteiger partial charge is 0.434 e. The van der Waals surface area contributed by atoms with Gasteiger partial charge in [0.25, 0.3) is 0 Å². The summed E-state index contributed by atoms with van der Waals surface area (Å²) < 4.78 is 38.6. The first-order chi connectivity index (χ1) is 10.7. The Hall–Kier alpha value is -2.43. The Balaban J connectivity index is 2.01. The van der Waals surface area contributed by atoms with Crippen molar-refractivity contribution in [3.63, 3.8) is 0 Å². The molecule has 11 heteroatoms. The van der Waals surface area contributed by atoms with Gasteiger partial charge in [-0.25, -0.2) is 14.8 Å². The van der Waals surface area contributed by atoms with Crippen molar-refractivity contribution in [1.29, 1.82) is 0 Å². The van der Waals surface area contributed by atoms with Gasteiger partial charge in [0.05, 0.1) is 18.6 Å². The third-order valence-electron chi connectivity index (χ3n) is 2.81. The van der Waals surface area contributed by atoms with Crippen LogP contribution in [0.3, 0.4) is 0 Å². The molecule has 0 bridgehead atoms. The summed E-state index contributed by atoms with van der Waals surface area (Å²) >= 11 is 0.783. The molecule has 2 N–H and O–H groups in total. The number of carbonyl (C=O) groups excluding carboxylic acids is 1. The zero-order chi connectivity index (χ0) is 17.2. The van der Waals surface area contributed by atoms with Gasteiger partial charge in [-0.15, -0.1) is 11.3 Å². The van der Waals surface area contributed by atoms with Gasteiger partial charge in [0.15, 0.2) is 5.69 Å². The summed E-state index contributed by atoms with van der Waals surface area (Å²) in [7, 11) is 0. The van der Waals surface area contributed by atoms with Crippen LogP contribution in [0.4, 0.5) is 13.2 Å². The van der Waals surface area contributed by atoms with E-state index in [9.17, 15) is 22.8 Å². The van der Waals surface area contributed by atoms with E-state index in [4.69, 9.17) is 5.11 Å². The largest absolute Gasteiger partial charge is 0.477 e. The molecule has 2 rings (SSSR count). The summed E-state index contributed by atoms with van der Waals surface area (Å²) in [5.74, 6) is -1.81. The van der Waals surface area contributed by atoms with Crippen LogP contribution in [-0.2, 0) is 17.5 Å². The molecule has 0 aliphatic carbocycles. The minimum atomic E-state index is -4.54. The molecule has 0 aliphatic heterocycles. The van der Waals surface area contributed by atoms with E-state index in [2.05, 4.69) is 15.3 Å². The Morgan fingerprint density at radius 2 is 2.17 bits per heavy atom. The molecule has 1 atom stereocenters. The van der Waals surface area contributed by atoms with E-state index in [1.165, 1.54) is 13.3 Å². The van der Waals surface area contributed by atoms with Crippen LogP contribution in [0.2, 0.25) is 0 Å². The summed E-state index contributed by atoms with van der Waals surface area (Å²) in [4.78, 5) is 29.8. The molecule has 0 saturated carbocycles. The molecule has 0 spiro atoms. The number of alkyl halides is 3. The van der Waals surface area contributed by atoms with Crippen molar-refractivity contribution in [2.24, 2.45) is 0 Å². The molecule has 2 aromatic heterocycles. The molecule has 0 aromatic carbocycles. The Bertz CT molecular complexity index is 725. The number of amides is 1. The Labute approximate surface area is 131 Å². The number of halogens is 3. The standard InChI is InChI=1S/C12H11F3N4O3S/c1-6(10-18-8(4-23-10)12(13,14)15)17-9(20)3-19-5-16-2-7(19)11(21)22/h2,4-6H,3H2,1H3,(H,17,20)(H,21,22). The number of thiazole rings is 1. The molecule has 2 heterocycles. The fourth-order valence-electron chi connectivity index (χ4n) is 1.75. The number of rotatable bonds is 5. The fraction of sp³-hybridized carbons (Fsp3) is 0.333. The lowest BCUT2D eigenvalue weighted by Crippen LogP contribution is -2.30. The summed E-state index contributed by atoms with van der Waals surface area (Å²) in [5.41, 5.74) is -1.18. The predicted octanol–water partition coefficient (Wildman–Crippen LogP) is 1.93. The predicted molar refractivity (Wildman–Crippen MR) is 72.9 cm³/mol. The molecule has 1 amide bonds. The molecule has 7 nitrogen and oxygen atoms in total. The molecule has 1 unspecified atom stereocenters. The number of nitrogens with one attached hydrogen (secondary N) is 1. The van der Waals surface area contributed by atoms with Gasteiger partial charge in [0.2, 0.25) is 5.91 Å². The Kier molecular flexibility index (Phi) is 4.68. The average molecular weight is 348 g/mol. The van der Waals surface area contributed by atoms with Crippen LogP contribution in [0.1, 0.15) is 34.2 Å². The van der Waals surface area contributed by atoms with Crippen molar-refractivity contribution in [1.82, 2.24) is 19.9 Å². The van der Waals surface area contributed by atoms with Crippen molar-refractivity contribution >= 4 is 23.2 Å².